The van der Waals surface area contributed by atoms with E-state index in [-0.39, 0.29) is 19.8 Å². The summed E-state index contributed by atoms with van der Waals surface area (Å²) in [7, 11) is 7.22. The Bertz CT molecular complexity index is 1010. The third-order valence-corrected chi connectivity index (χ3v) is 14.1. The van der Waals surface area contributed by atoms with Crippen LogP contribution in [0.25, 0.3) is 0 Å². The molecule has 0 aliphatic heterocycles. The molecule has 3 unspecified atom stereocenters. The number of nitrogens with zero attached hydrogens (tertiary/aromatic N) is 3. The molecule has 0 fully saturated rings. The van der Waals surface area contributed by atoms with E-state index in [0.717, 1.165) is 38.5 Å². The topological polar surface area (TPSA) is 209 Å². The van der Waals surface area contributed by atoms with Crippen LogP contribution in [0.5, 0.6) is 0 Å². The summed E-state index contributed by atoms with van der Waals surface area (Å²) in [6.07, 6.45) is 52.0. The molecule has 452 valence electrons. The molecule has 0 saturated heterocycles. The van der Waals surface area contributed by atoms with E-state index in [1.165, 1.54) is 212 Å². The minimum absolute atomic E-state index is 0.0720. The van der Waals surface area contributed by atoms with Crippen LogP contribution in [0.2, 0.25) is 0 Å². The quantitative estimate of drug-likeness (QED) is 0.0205. The minimum atomic E-state index is -4.64. The number of likely N-dealkylation sites (N-methyl/N-ethyl adjacent to an activating group) is 3. The summed E-state index contributed by atoms with van der Waals surface area (Å²) < 4.78 is 8.88. The Balaban J connectivity index is -0.000000473. The van der Waals surface area contributed by atoms with Crippen LogP contribution in [-0.2, 0) is 4.57 Å². The molecule has 0 aliphatic carbocycles. The fourth-order valence-electron chi connectivity index (χ4n) is 10.1. The van der Waals surface area contributed by atoms with Crippen molar-refractivity contribution in [3.63, 3.8) is 0 Å². The Morgan fingerprint density at radius 1 is 0.284 bits per heavy atom. The molecule has 9 N–H and O–H groups in total. The lowest BCUT2D eigenvalue weighted by Crippen LogP contribution is -2.41. The number of aliphatic hydroxyl groups is 6. The fourth-order valence-corrected chi connectivity index (χ4v) is 10.1. The normalized spacial score (nSPS) is 14.2. The van der Waals surface area contributed by atoms with E-state index in [1.54, 1.807) is 0 Å². The number of rotatable bonds is 51. The van der Waals surface area contributed by atoms with E-state index >= 15 is 0 Å². The summed E-state index contributed by atoms with van der Waals surface area (Å²) >= 11 is 0. The molecule has 0 aromatic heterocycles. The monoisotopic (exact) mass is 1090 g/mol. The Labute approximate surface area is 459 Å². The highest BCUT2D eigenvalue weighted by atomic mass is 31.2. The molecule has 0 amide bonds. The highest BCUT2D eigenvalue weighted by molar-refractivity contribution is 7.45. The van der Waals surface area contributed by atoms with E-state index in [4.69, 9.17) is 34.6 Å². The van der Waals surface area contributed by atoms with Gasteiger partial charge < -0.3 is 60.0 Å². The lowest BCUT2D eigenvalue weighted by molar-refractivity contribution is -0.0146. The van der Waals surface area contributed by atoms with Crippen molar-refractivity contribution in [3.05, 3.63) is 0 Å². The van der Waals surface area contributed by atoms with Crippen molar-refractivity contribution in [2.24, 2.45) is 0 Å². The molecular formula is C60H132N3O10P. The van der Waals surface area contributed by atoms with Gasteiger partial charge in [0, 0.05) is 58.7 Å². The maximum Gasteiger partial charge on any atom is 0.466 e. The van der Waals surface area contributed by atoms with Crippen LogP contribution in [0.4, 0.5) is 0 Å². The van der Waals surface area contributed by atoms with E-state index in [0.29, 0.717) is 38.9 Å². The van der Waals surface area contributed by atoms with Crippen molar-refractivity contribution in [3.8, 4) is 0 Å². The molecular weight excluding hydrogens is 954 g/mol. The summed E-state index contributed by atoms with van der Waals surface area (Å²) in [5, 5.41) is 59.0. The molecule has 0 rings (SSSR count). The van der Waals surface area contributed by atoms with Crippen molar-refractivity contribution in [2.75, 3.05) is 81.7 Å². The summed E-state index contributed by atoms with van der Waals surface area (Å²) in [5.41, 5.74) is -2.13. The van der Waals surface area contributed by atoms with Crippen molar-refractivity contribution in [1.82, 2.24) is 14.7 Å². The van der Waals surface area contributed by atoms with Gasteiger partial charge in [0.15, 0.2) is 0 Å². The smallest absolute Gasteiger partial charge is 0.396 e. The van der Waals surface area contributed by atoms with Gasteiger partial charge in [-0.25, -0.2) is 4.57 Å². The lowest BCUT2D eigenvalue weighted by Gasteiger charge is -2.30. The van der Waals surface area contributed by atoms with Crippen molar-refractivity contribution >= 4 is 7.82 Å². The maximum atomic E-state index is 10.5. The Kier molecular flexibility index (Phi) is 62.3. The summed E-state index contributed by atoms with van der Waals surface area (Å²) in [6, 6.07) is 0. The SMILES string of the molecule is CCCCCCCCCCCCCCC(O)(CCO)CN(C)C.CCCCCCCCCCCCCCC(O)(CCO)CN(C)C.CCCCCCCCCCCCCCC(O)(CCO)CN(C)C.O=P(O)(O)O. The number of hydrogen-bond donors (Lipinski definition) is 9. The first kappa shape index (κ1) is 80.2. The minimum Gasteiger partial charge on any atom is -0.396 e. The number of unbranched alkanes of at least 4 members (excludes halogenated alkanes) is 33. The van der Waals surface area contributed by atoms with Gasteiger partial charge in [-0.15, -0.1) is 0 Å². The number of phosphoric acid groups is 1. The highest BCUT2D eigenvalue weighted by Gasteiger charge is 2.28. The first-order chi connectivity index (χ1) is 35.1. The summed E-state index contributed by atoms with van der Waals surface area (Å²) in [4.78, 5) is 27.6. The molecule has 0 aliphatic rings. The van der Waals surface area contributed by atoms with Crippen LogP contribution in [0.15, 0.2) is 0 Å². The average Bonchev–Trinajstić information content (AvgIpc) is 3.29. The largest absolute Gasteiger partial charge is 0.466 e. The second kappa shape index (κ2) is 57.4. The third-order valence-electron chi connectivity index (χ3n) is 14.1. The highest BCUT2D eigenvalue weighted by Crippen LogP contribution is 2.26. The van der Waals surface area contributed by atoms with Crippen LogP contribution in [0.3, 0.4) is 0 Å². The molecule has 0 bridgehead atoms. The molecule has 14 heteroatoms. The van der Waals surface area contributed by atoms with Crippen LogP contribution in [0.1, 0.15) is 290 Å². The van der Waals surface area contributed by atoms with Crippen LogP contribution in [0, 0.1) is 0 Å². The average molecular weight is 1090 g/mol. The molecule has 3 atom stereocenters. The molecule has 0 radical (unpaired) electrons. The Morgan fingerprint density at radius 2 is 0.419 bits per heavy atom. The second-order valence-electron chi connectivity index (χ2n) is 23.2. The molecule has 0 aromatic rings. The van der Waals surface area contributed by atoms with E-state index in [2.05, 4.69) is 20.8 Å². The van der Waals surface area contributed by atoms with Crippen molar-refractivity contribution in [1.29, 1.82) is 0 Å². The van der Waals surface area contributed by atoms with E-state index < -0.39 is 24.6 Å². The Morgan fingerprint density at radius 3 is 0.541 bits per heavy atom. The molecule has 13 nitrogen and oxygen atoms in total. The van der Waals surface area contributed by atoms with Crippen molar-refractivity contribution < 1.29 is 49.9 Å². The van der Waals surface area contributed by atoms with Gasteiger partial charge in [0.1, 0.15) is 0 Å². The zero-order valence-electron chi connectivity index (χ0n) is 50.7. The van der Waals surface area contributed by atoms with Crippen LogP contribution in [-0.4, -0.2) is 159 Å². The lowest BCUT2D eigenvalue weighted by atomic mass is 9.92. The second-order valence-corrected chi connectivity index (χ2v) is 24.3. The Hall–Kier alpha value is -0.250. The molecule has 0 heterocycles. The van der Waals surface area contributed by atoms with Gasteiger partial charge >= 0.3 is 7.82 Å². The molecule has 0 saturated carbocycles. The maximum absolute atomic E-state index is 10.5. The molecule has 0 spiro atoms. The van der Waals surface area contributed by atoms with Gasteiger partial charge in [-0.2, -0.15) is 0 Å². The van der Waals surface area contributed by atoms with Crippen LogP contribution < -0.4 is 0 Å². The molecule has 0 aromatic carbocycles. The fraction of sp³-hybridized carbons (Fsp3) is 1.00. The van der Waals surface area contributed by atoms with Gasteiger partial charge in [-0.1, -0.05) is 252 Å². The summed E-state index contributed by atoms with van der Waals surface area (Å²) in [5.74, 6) is 0. The standard InChI is InChI=1S/3C20H43NO2.H3O4P/c3*1-4-5-6-7-8-9-10-11-12-13-14-15-16-20(23,17-18-22)19-21(2)3;1-5(2,3)4/h3*22-23H,4-19H2,1-3H3;(H3,1,2,3,4). The molecule has 74 heavy (non-hydrogen) atoms. The van der Waals surface area contributed by atoms with Crippen molar-refractivity contribution in [2.45, 2.75) is 307 Å². The van der Waals surface area contributed by atoms with Gasteiger partial charge in [0.25, 0.3) is 0 Å². The van der Waals surface area contributed by atoms with Gasteiger partial charge in [-0.3, -0.25) is 0 Å². The van der Waals surface area contributed by atoms with E-state index in [1.807, 2.05) is 57.0 Å². The van der Waals surface area contributed by atoms with Gasteiger partial charge in [0.05, 0.1) is 16.8 Å². The number of aliphatic hydroxyl groups excluding tert-OH is 3. The summed E-state index contributed by atoms with van der Waals surface area (Å²) in [6.45, 7) is 8.96. The zero-order valence-corrected chi connectivity index (χ0v) is 51.6. The van der Waals surface area contributed by atoms with Crippen LogP contribution >= 0.6 is 7.82 Å². The predicted molar refractivity (Wildman–Crippen MR) is 317 cm³/mol. The first-order valence-electron chi connectivity index (χ1n) is 30.8. The zero-order chi connectivity index (χ0) is 56.7. The van der Waals surface area contributed by atoms with Gasteiger partial charge in [0.2, 0.25) is 0 Å². The predicted octanol–water partition coefficient (Wildman–Crippen LogP) is 13.3. The third kappa shape index (κ3) is 69.8. The number of hydrogen-bond acceptors (Lipinski definition) is 10. The first-order valence-corrected chi connectivity index (χ1v) is 32.4. The van der Waals surface area contributed by atoms with E-state index in [9.17, 15) is 15.3 Å². The van der Waals surface area contributed by atoms with Gasteiger partial charge in [-0.05, 0) is 61.5 Å².